The van der Waals surface area contributed by atoms with Gasteiger partial charge in [-0.3, -0.25) is 4.90 Å². The Kier molecular flexibility index (Phi) is 3.69. The van der Waals surface area contributed by atoms with Gasteiger partial charge in [-0.15, -0.1) is 0 Å². The van der Waals surface area contributed by atoms with E-state index in [0.717, 1.165) is 49.7 Å². The second-order valence-corrected chi connectivity index (χ2v) is 5.76. The molecular formula is C13H15BrN4O. The Morgan fingerprint density at radius 2 is 2.11 bits per heavy atom. The predicted octanol–water partition coefficient (Wildman–Crippen LogP) is 1.24. The van der Waals surface area contributed by atoms with Gasteiger partial charge in [0, 0.05) is 42.9 Å². The molecule has 0 spiro atoms. The number of morpholine rings is 1. The fourth-order valence-corrected chi connectivity index (χ4v) is 2.90. The average molecular weight is 323 g/mol. The van der Waals surface area contributed by atoms with Crippen molar-refractivity contribution in [3.05, 3.63) is 22.3 Å². The lowest BCUT2D eigenvalue weighted by molar-refractivity contribution is 0.0104. The first-order chi connectivity index (χ1) is 9.28. The summed E-state index contributed by atoms with van der Waals surface area (Å²) in [6, 6.07) is 4.61. The van der Waals surface area contributed by atoms with Gasteiger partial charge in [0.05, 0.1) is 18.8 Å². The summed E-state index contributed by atoms with van der Waals surface area (Å²) >= 11 is 3.35. The van der Waals surface area contributed by atoms with Gasteiger partial charge in [0.1, 0.15) is 11.9 Å². The van der Waals surface area contributed by atoms with E-state index in [4.69, 9.17) is 10.00 Å². The van der Waals surface area contributed by atoms with Crippen molar-refractivity contribution in [1.29, 1.82) is 5.26 Å². The molecule has 0 N–H and O–H groups in total. The molecule has 0 atom stereocenters. The molecule has 19 heavy (non-hydrogen) atoms. The highest BCUT2D eigenvalue weighted by Crippen LogP contribution is 2.27. The summed E-state index contributed by atoms with van der Waals surface area (Å²) in [5.41, 5.74) is 0.634. The van der Waals surface area contributed by atoms with E-state index in [1.54, 1.807) is 6.20 Å². The Morgan fingerprint density at radius 1 is 1.37 bits per heavy atom. The maximum absolute atomic E-state index is 9.16. The number of nitrogens with zero attached hydrogens (tertiary/aromatic N) is 4. The Balaban J connectivity index is 1.65. The molecule has 2 aliphatic rings. The molecule has 0 amide bonds. The number of pyridine rings is 1. The van der Waals surface area contributed by atoms with Gasteiger partial charge in [-0.25, -0.2) is 4.98 Å². The molecule has 0 aromatic carbocycles. The highest BCUT2D eigenvalue weighted by molar-refractivity contribution is 9.10. The van der Waals surface area contributed by atoms with Gasteiger partial charge in [-0.05, 0) is 22.0 Å². The number of halogens is 1. The number of nitriles is 1. The van der Waals surface area contributed by atoms with Crippen molar-refractivity contribution in [3.63, 3.8) is 0 Å². The molecule has 6 heteroatoms. The molecule has 100 valence electrons. The van der Waals surface area contributed by atoms with Crippen molar-refractivity contribution in [1.82, 2.24) is 9.88 Å². The van der Waals surface area contributed by atoms with Crippen LogP contribution in [0.5, 0.6) is 0 Å². The van der Waals surface area contributed by atoms with Gasteiger partial charge in [-0.2, -0.15) is 5.26 Å². The largest absolute Gasteiger partial charge is 0.379 e. The molecule has 3 heterocycles. The molecule has 3 rings (SSSR count). The molecular weight excluding hydrogens is 308 g/mol. The molecule has 2 fully saturated rings. The molecule has 0 radical (unpaired) electrons. The van der Waals surface area contributed by atoms with Gasteiger partial charge < -0.3 is 9.64 Å². The van der Waals surface area contributed by atoms with Gasteiger partial charge >= 0.3 is 0 Å². The van der Waals surface area contributed by atoms with Crippen LogP contribution in [0.15, 0.2) is 16.7 Å². The molecule has 0 unspecified atom stereocenters. The Morgan fingerprint density at radius 3 is 2.79 bits per heavy atom. The van der Waals surface area contributed by atoms with E-state index in [9.17, 15) is 0 Å². The zero-order valence-electron chi connectivity index (χ0n) is 10.5. The molecule has 1 aromatic rings. The fourth-order valence-electron chi connectivity index (χ4n) is 2.57. The van der Waals surface area contributed by atoms with Gasteiger partial charge in [0.25, 0.3) is 0 Å². The van der Waals surface area contributed by atoms with Gasteiger partial charge in [0.2, 0.25) is 0 Å². The van der Waals surface area contributed by atoms with Crippen molar-refractivity contribution >= 4 is 21.7 Å². The Bertz CT molecular complexity index is 504. The van der Waals surface area contributed by atoms with E-state index in [0.29, 0.717) is 11.6 Å². The summed E-state index contributed by atoms with van der Waals surface area (Å²) in [6.45, 7) is 5.58. The number of aromatic nitrogens is 1. The Hall–Kier alpha value is -1.16. The second kappa shape index (κ2) is 5.45. The van der Waals surface area contributed by atoms with Gasteiger partial charge in [0.15, 0.2) is 0 Å². The van der Waals surface area contributed by atoms with Crippen LogP contribution in [-0.4, -0.2) is 55.3 Å². The predicted molar refractivity (Wildman–Crippen MR) is 75.0 cm³/mol. The fraction of sp³-hybridized carbons (Fsp3) is 0.538. The maximum Gasteiger partial charge on any atom is 0.146 e. The first-order valence-corrected chi connectivity index (χ1v) is 7.19. The van der Waals surface area contributed by atoms with Crippen LogP contribution in [0.4, 0.5) is 5.82 Å². The number of hydrogen-bond acceptors (Lipinski definition) is 5. The lowest BCUT2D eigenvalue weighted by Crippen LogP contribution is -2.62. The van der Waals surface area contributed by atoms with Crippen LogP contribution < -0.4 is 4.90 Å². The van der Waals surface area contributed by atoms with E-state index < -0.39 is 0 Å². The second-order valence-electron chi connectivity index (χ2n) is 4.84. The van der Waals surface area contributed by atoms with Crippen LogP contribution in [0.1, 0.15) is 5.56 Å². The Labute approximate surface area is 120 Å². The normalized spacial score (nSPS) is 20.9. The van der Waals surface area contributed by atoms with E-state index in [2.05, 4.69) is 36.8 Å². The molecule has 0 aliphatic carbocycles. The van der Waals surface area contributed by atoms with Crippen LogP contribution in [0.25, 0.3) is 0 Å². The summed E-state index contributed by atoms with van der Waals surface area (Å²) in [4.78, 5) is 9.00. The van der Waals surface area contributed by atoms with E-state index >= 15 is 0 Å². The monoisotopic (exact) mass is 322 g/mol. The summed E-state index contributed by atoms with van der Waals surface area (Å²) in [7, 11) is 0. The van der Waals surface area contributed by atoms with E-state index in [-0.39, 0.29) is 0 Å². The number of hydrogen-bond donors (Lipinski definition) is 0. The summed E-state index contributed by atoms with van der Waals surface area (Å²) in [5, 5.41) is 9.16. The highest BCUT2D eigenvalue weighted by Gasteiger charge is 2.34. The average Bonchev–Trinajstić information content (AvgIpc) is 2.40. The zero-order chi connectivity index (χ0) is 13.2. The minimum atomic E-state index is 0.570. The first-order valence-electron chi connectivity index (χ1n) is 6.40. The third-order valence-electron chi connectivity index (χ3n) is 3.68. The molecule has 2 aliphatic heterocycles. The van der Waals surface area contributed by atoms with Crippen molar-refractivity contribution in [3.8, 4) is 6.07 Å². The SMILES string of the molecule is N#Cc1cc(Br)cnc1N1CC(N2CCOCC2)C1. The van der Waals surface area contributed by atoms with Crippen LogP contribution in [0.2, 0.25) is 0 Å². The maximum atomic E-state index is 9.16. The van der Waals surface area contributed by atoms with Crippen LogP contribution >= 0.6 is 15.9 Å². The number of rotatable bonds is 2. The minimum Gasteiger partial charge on any atom is -0.379 e. The lowest BCUT2D eigenvalue weighted by Gasteiger charge is -2.47. The lowest BCUT2D eigenvalue weighted by atomic mass is 10.1. The third-order valence-corrected chi connectivity index (χ3v) is 4.11. The molecule has 0 saturated carbocycles. The number of anilines is 1. The molecule has 5 nitrogen and oxygen atoms in total. The summed E-state index contributed by atoms with van der Waals surface area (Å²) < 4.78 is 6.21. The van der Waals surface area contributed by atoms with Crippen LogP contribution in [0, 0.1) is 11.3 Å². The van der Waals surface area contributed by atoms with E-state index in [1.807, 2.05) is 6.07 Å². The van der Waals surface area contributed by atoms with Gasteiger partial charge in [-0.1, -0.05) is 0 Å². The molecule has 0 bridgehead atoms. The quantitative estimate of drug-likeness (QED) is 0.820. The zero-order valence-corrected chi connectivity index (χ0v) is 12.1. The third kappa shape index (κ3) is 2.59. The summed E-state index contributed by atoms with van der Waals surface area (Å²) in [6.07, 6.45) is 1.75. The van der Waals surface area contributed by atoms with Crippen molar-refractivity contribution < 1.29 is 4.74 Å². The standard InChI is InChI=1S/C13H15BrN4O/c14-11-5-10(6-15)13(16-7-11)18-8-12(9-18)17-1-3-19-4-2-17/h5,7,12H,1-4,8-9H2. The van der Waals surface area contributed by atoms with Crippen LogP contribution in [-0.2, 0) is 4.74 Å². The number of ether oxygens (including phenoxy) is 1. The summed E-state index contributed by atoms with van der Waals surface area (Å²) in [5.74, 6) is 0.801. The van der Waals surface area contributed by atoms with E-state index in [1.165, 1.54) is 0 Å². The first kappa shape index (κ1) is 12.9. The van der Waals surface area contributed by atoms with Crippen molar-refractivity contribution in [2.75, 3.05) is 44.3 Å². The smallest absolute Gasteiger partial charge is 0.146 e. The molecule has 1 aromatic heterocycles. The topological polar surface area (TPSA) is 52.4 Å². The molecule has 2 saturated heterocycles. The minimum absolute atomic E-state index is 0.570. The van der Waals surface area contributed by atoms with Crippen molar-refractivity contribution in [2.45, 2.75) is 6.04 Å². The highest BCUT2D eigenvalue weighted by atomic mass is 79.9. The van der Waals surface area contributed by atoms with Crippen LogP contribution in [0.3, 0.4) is 0 Å². The van der Waals surface area contributed by atoms with Crippen molar-refractivity contribution in [2.24, 2.45) is 0 Å².